The third-order valence-corrected chi connectivity index (χ3v) is 5.20. The van der Waals surface area contributed by atoms with Gasteiger partial charge < -0.3 is 4.74 Å². The van der Waals surface area contributed by atoms with E-state index in [2.05, 4.69) is 27.7 Å². The van der Waals surface area contributed by atoms with Crippen LogP contribution >= 0.6 is 0 Å². The Morgan fingerprint density at radius 1 is 0.818 bits per heavy atom. The maximum absolute atomic E-state index is 6.16. The predicted molar refractivity (Wildman–Crippen MR) is 98.4 cm³/mol. The first-order valence-electron chi connectivity index (χ1n) is 10.1. The molecule has 2 unspecified atom stereocenters. The Morgan fingerprint density at radius 3 is 1.91 bits per heavy atom. The molecule has 132 valence electrons. The molecule has 0 bridgehead atoms. The number of hydrogen-bond donors (Lipinski definition) is 0. The molecule has 0 amide bonds. The summed E-state index contributed by atoms with van der Waals surface area (Å²) in [5.74, 6) is 0.835. The SMILES string of the molecule is CCCCCCCCCCCCOC1CC(C)CC(C)(C)C1. The van der Waals surface area contributed by atoms with Crippen LogP contribution in [-0.2, 0) is 4.74 Å². The fourth-order valence-electron chi connectivity index (χ4n) is 4.22. The third kappa shape index (κ3) is 9.87. The molecular formula is C21H42O. The van der Waals surface area contributed by atoms with Crippen molar-refractivity contribution in [1.82, 2.24) is 0 Å². The minimum absolute atomic E-state index is 0.486. The van der Waals surface area contributed by atoms with Gasteiger partial charge >= 0.3 is 0 Å². The van der Waals surface area contributed by atoms with Crippen molar-refractivity contribution in [3.63, 3.8) is 0 Å². The molecule has 1 aliphatic carbocycles. The lowest BCUT2D eigenvalue weighted by atomic mass is 9.71. The molecule has 0 aromatic heterocycles. The Bertz CT molecular complexity index is 259. The van der Waals surface area contributed by atoms with Crippen LogP contribution in [0.5, 0.6) is 0 Å². The molecule has 1 heteroatoms. The van der Waals surface area contributed by atoms with Crippen LogP contribution in [0.4, 0.5) is 0 Å². The summed E-state index contributed by atoms with van der Waals surface area (Å²) < 4.78 is 6.16. The van der Waals surface area contributed by atoms with E-state index in [9.17, 15) is 0 Å². The fourth-order valence-corrected chi connectivity index (χ4v) is 4.22. The van der Waals surface area contributed by atoms with Crippen LogP contribution in [0, 0.1) is 11.3 Å². The smallest absolute Gasteiger partial charge is 0.0582 e. The van der Waals surface area contributed by atoms with Crippen LogP contribution in [0.2, 0.25) is 0 Å². The van der Waals surface area contributed by atoms with Crippen LogP contribution in [0.1, 0.15) is 111 Å². The molecule has 0 aliphatic heterocycles. The van der Waals surface area contributed by atoms with Crippen LogP contribution < -0.4 is 0 Å². The average molecular weight is 311 g/mol. The van der Waals surface area contributed by atoms with Gasteiger partial charge in [-0.15, -0.1) is 0 Å². The zero-order valence-electron chi connectivity index (χ0n) is 16.0. The van der Waals surface area contributed by atoms with E-state index in [0.29, 0.717) is 11.5 Å². The number of unbranched alkanes of at least 4 members (excludes halogenated alkanes) is 9. The van der Waals surface area contributed by atoms with Crippen molar-refractivity contribution in [2.24, 2.45) is 11.3 Å². The quantitative estimate of drug-likeness (QED) is 0.348. The lowest BCUT2D eigenvalue weighted by Crippen LogP contribution is -2.32. The molecule has 1 fully saturated rings. The molecule has 1 saturated carbocycles. The van der Waals surface area contributed by atoms with Crippen LogP contribution in [0.25, 0.3) is 0 Å². The van der Waals surface area contributed by atoms with E-state index in [-0.39, 0.29) is 0 Å². The molecule has 2 atom stereocenters. The number of rotatable bonds is 12. The summed E-state index contributed by atoms with van der Waals surface area (Å²) >= 11 is 0. The molecule has 0 spiro atoms. The largest absolute Gasteiger partial charge is 0.378 e. The highest BCUT2D eigenvalue weighted by atomic mass is 16.5. The van der Waals surface area contributed by atoms with Crippen LogP contribution in [0.3, 0.4) is 0 Å². The van der Waals surface area contributed by atoms with Crippen LogP contribution in [-0.4, -0.2) is 12.7 Å². The van der Waals surface area contributed by atoms with E-state index < -0.39 is 0 Å². The van der Waals surface area contributed by atoms with E-state index in [4.69, 9.17) is 4.74 Å². The maximum atomic E-state index is 6.16. The first-order valence-corrected chi connectivity index (χ1v) is 10.1. The van der Waals surface area contributed by atoms with E-state index in [0.717, 1.165) is 12.5 Å². The van der Waals surface area contributed by atoms with E-state index in [1.807, 2.05) is 0 Å². The van der Waals surface area contributed by atoms with E-state index in [1.165, 1.54) is 83.5 Å². The van der Waals surface area contributed by atoms with Crippen molar-refractivity contribution in [2.75, 3.05) is 6.61 Å². The molecule has 22 heavy (non-hydrogen) atoms. The highest BCUT2D eigenvalue weighted by Gasteiger charge is 2.32. The summed E-state index contributed by atoms with van der Waals surface area (Å²) in [5, 5.41) is 0. The average Bonchev–Trinajstić information content (AvgIpc) is 2.42. The van der Waals surface area contributed by atoms with Gasteiger partial charge in [-0.3, -0.25) is 0 Å². The highest BCUT2D eigenvalue weighted by molar-refractivity contribution is 4.83. The second kappa shape index (κ2) is 11.5. The van der Waals surface area contributed by atoms with Crippen molar-refractivity contribution in [1.29, 1.82) is 0 Å². The summed E-state index contributed by atoms with van der Waals surface area (Å²) in [5.41, 5.74) is 0.486. The van der Waals surface area contributed by atoms with Gasteiger partial charge in [0.1, 0.15) is 0 Å². The molecule has 0 aromatic rings. The van der Waals surface area contributed by atoms with Gasteiger partial charge in [-0.05, 0) is 37.0 Å². The number of ether oxygens (including phenoxy) is 1. The summed E-state index contributed by atoms with van der Waals surface area (Å²) in [7, 11) is 0. The van der Waals surface area contributed by atoms with Crippen molar-refractivity contribution in [3.8, 4) is 0 Å². The normalized spacial score (nSPS) is 24.5. The summed E-state index contributed by atoms with van der Waals surface area (Å²) in [6, 6.07) is 0. The van der Waals surface area contributed by atoms with Gasteiger partial charge in [0.2, 0.25) is 0 Å². The van der Waals surface area contributed by atoms with Gasteiger partial charge in [0.25, 0.3) is 0 Å². The second-order valence-electron chi connectivity index (χ2n) is 8.59. The lowest BCUT2D eigenvalue weighted by molar-refractivity contribution is -0.0240. The molecule has 0 heterocycles. The monoisotopic (exact) mass is 310 g/mol. The molecule has 0 aromatic carbocycles. The third-order valence-electron chi connectivity index (χ3n) is 5.20. The fraction of sp³-hybridized carbons (Fsp3) is 1.00. The molecular weight excluding hydrogens is 268 g/mol. The first kappa shape index (κ1) is 20.0. The Morgan fingerprint density at radius 2 is 1.36 bits per heavy atom. The van der Waals surface area contributed by atoms with Gasteiger partial charge in [-0.1, -0.05) is 85.5 Å². The lowest BCUT2D eigenvalue weighted by Gasteiger charge is -2.38. The Balaban J connectivity index is 1.89. The van der Waals surface area contributed by atoms with Crippen molar-refractivity contribution >= 4 is 0 Å². The van der Waals surface area contributed by atoms with Crippen molar-refractivity contribution < 1.29 is 4.74 Å². The summed E-state index contributed by atoms with van der Waals surface area (Å²) in [4.78, 5) is 0. The summed E-state index contributed by atoms with van der Waals surface area (Å²) in [6.07, 6.45) is 18.5. The van der Waals surface area contributed by atoms with Crippen LogP contribution in [0.15, 0.2) is 0 Å². The van der Waals surface area contributed by atoms with Crippen molar-refractivity contribution in [2.45, 2.75) is 117 Å². The van der Waals surface area contributed by atoms with Gasteiger partial charge in [0.15, 0.2) is 0 Å². The summed E-state index contributed by atoms with van der Waals surface area (Å²) in [6.45, 7) is 10.5. The van der Waals surface area contributed by atoms with Gasteiger partial charge in [0.05, 0.1) is 6.10 Å². The molecule has 1 aliphatic rings. The minimum atomic E-state index is 0.486. The molecule has 1 rings (SSSR count). The maximum Gasteiger partial charge on any atom is 0.0582 e. The Kier molecular flexibility index (Phi) is 10.4. The van der Waals surface area contributed by atoms with E-state index >= 15 is 0 Å². The highest BCUT2D eigenvalue weighted by Crippen LogP contribution is 2.39. The topological polar surface area (TPSA) is 9.23 Å². The van der Waals surface area contributed by atoms with E-state index in [1.54, 1.807) is 0 Å². The van der Waals surface area contributed by atoms with Gasteiger partial charge in [-0.25, -0.2) is 0 Å². The molecule has 1 nitrogen and oxygen atoms in total. The standard InChI is InChI=1S/C21H42O/c1-5-6-7-8-9-10-11-12-13-14-15-22-20-16-19(2)17-21(3,4)18-20/h19-20H,5-18H2,1-4H3. The van der Waals surface area contributed by atoms with Crippen molar-refractivity contribution in [3.05, 3.63) is 0 Å². The number of hydrogen-bond acceptors (Lipinski definition) is 1. The molecule has 0 radical (unpaired) electrons. The zero-order valence-corrected chi connectivity index (χ0v) is 16.0. The first-order chi connectivity index (χ1) is 10.5. The molecule has 0 N–H and O–H groups in total. The predicted octanol–water partition coefficient (Wildman–Crippen LogP) is 7.14. The molecule has 0 saturated heterocycles. The zero-order chi connectivity index (χ0) is 16.3. The Labute approximate surface area is 140 Å². The second-order valence-corrected chi connectivity index (χ2v) is 8.59. The van der Waals surface area contributed by atoms with Gasteiger partial charge in [0, 0.05) is 6.61 Å². The van der Waals surface area contributed by atoms with Gasteiger partial charge in [-0.2, -0.15) is 0 Å². The Hall–Kier alpha value is -0.0400. The minimum Gasteiger partial charge on any atom is -0.378 e.